The van der Waals surface area contributed by atoms with E-state index in [1.165, 1.54) is 12.8 Å². The molecule has 2 rings (SSSR count). The van der Waals surface area contributed by atoms with E-state index in [0.29, 0.717) is 25.9 Å². The van der Waals surface area contributed by atoms with Crippen LogP contribution in [-0.2, 0) is 14.3 Å². The van der Waals surface area contributed by atoms with Gasteiger partial charge in [0.15, 0.2) is 0 Å². The average molecular weight is 481 g/mol. The van der Waals surface area contributed by atoms with Gasteiger partial charge in [0.2, 0.25) is 0 Å². The highest BCUT2D eigenvalue weighted by atomic mass is 16.5. The molecule has 0 saturated carbocycles. The first-order valence-corrected chi connectivity index (χ1v) is 13.5. The van der Waals surface area contributed by atoms with Gasteiger partial charge in [-0.1, -0.05) is 0 Å². The van der Waals surface area contributed by atoms with Crippen LogP contribution in [-0.4, -0.2) is 68.7 Å². The van der Waals surface area contributed by atoms with Crippen molar-refractivity contribution in [1.29, 1.82) is 0 Å². The Morgan fingerprint density at radius 1 is 0.765 bits per heavy atom. The molecule has 0 radical (unpaired) electrons. The van der Waals surface area contributed by atoms with Crippen molar-refractivity contribution in [2.45, 2.75) is 142 Å². The number of carboxylic acid groups (broad SMARTS) is 1. The predicted molar refractivity (Wildman–Crippen MR) is 138 cm³/mol. The zero-order valence-corrected chi connectivity index (χ0v) is 23.3. The number of aliphatic carboxylic acids is 1. The summed E-state index contributed by atoms with van der Waals surface area (Å²) in [4.78, 5) is 29.3. The third-order valence-electron chi connectivity index (χ3n) is 8.61. The molecular weight excluding hydrogens is 428 g/mol. The maximum Gasteiger partial charge on any atom is 0.309 e. The molecule has 2 aliphatic heterocycles. The molecule has 1 N–H and O–H groups in total. The van der Waals surface area contributed by atoms with Gasteiger partial charge in [-0.3, -0.25) is 19.4 Å². The summed E-state index contributed by atoms with van der Waals surface area (Å²) in [5.41, 5.74) is 0.395. The molecule has 0 aromatic rings. The fourth-order valence-corrected chi connectivity index (χ4v) is 6.82. The third-order valence-corrected chi connectivity index (χ3v) is 8.61. The lowest BCUT2D eigenvalue weighted by Gasteiger charge is -2.53. The van der Waals surface area contributed by atoms with Crippen molar-refractivity contribution >= 4 is 11.9 Å². The van der Waals surface area contributed by atoms with Gasteiger partial charge in [0.1, 0.15) is 6.61 Å². The Bertz CT molecular complexity index is 667. The summed E-state index contributed by atoms with van der Waals surface area (Å²) in [6.45, 7) is 20.3. The number of piperidine rings is 2. The van der Waals surface area contributed by atoms with Crippen molar-refractivity contribution in [3.8, 4) is 0 Å². The normalized spacial score (nSPS) is 24.9. The topological polar surface area (TPSA) is 70.1 Å². The summed E-state index contributed by atoms with van der Waals surface area (Å²) in [6.07, 6.45) is 8.97. The highest BCUT2D eigenvalue weighted by molar-refractivity contribution is 5.72. The van der Waals surface area contributed by atoms with Crippen LogP contribution < -0.4 is 0 Å². The van der Waals surface area contributed by atoms with Crippen LogP contribution in [0.4, 0.5) is 0 Å². The Hall–Kier alpha value is -1.14. The van der Waals surface area contributed by atoms with Gasteiger partial charge in [-0.2, -0.15) is 0 Å². The lowest BCUT2D eigenvalue weighted by Crippen LogP contribution is -2.59. The van der Waals surface area contributed by atoms with Crippen molar-refractivity contribution in [2.24, 2.45) is 5.92 Å². The molecule has 1 atom stereocenters. The van der Waals surface area contributed by atoms with Gasteiger partial charge in [0, 0.05) is 41.7 Å². The Morgan fingerprint density at radius 2 is 1.21 bits per heavy atom. The van der Waals surface area contributed by atoms with Crippen molar-refractivity contribution in [1.82, 2.24) is 9.80 Å². The predicted octanol–water partition coefficient (Wildman–Crippen LogP) is 5.88. The Morgan fingerprint density at radius 3 is 1.65 bits per heavy atom. The molecule has 0 aromatic heterocycles. The van der Waals surface area contributed by atoms with Crippen LogP contribution >= 0.6 is 0 Å². The second-order valence-corrected chi connectivity index (χ2v) is 13.2. The van der Waals surface area contributed by atoms with Crippen molar-refractivity contribution < 1.29 is 19.4 Å². The molecule has 34 heavy (non-hydrogen) atoms. The Kier molecular flexibility index (Phi) is 9.65. The van der Waals surface area contributed by atoms with Crippen LogP contribution in [0.1, 0.15) is 120 Å². The standard InChI is InChI=1S/C28H52N2O4/c1-25(2)15-10-16-26(3,4)29(25)19-14-22(12-9-13-23(31)32)24(33)34-21-20-30-27(5,6)17-11-18-28(30,7)8/h22H,9-21H2,1-8H3,(H,31,32). The molecule has 0 aliphatic carbocycles. The van der Waals surface area contributed by atoms with E-state index in [1.54, 1.807) is 0 Å². The summed E-state index contributed by atoms with van der Waals surface area (Å²) in [6, 6.07) is 0. The van der Waals surface area contributed by atoms with E-state index in [2.05, 4.69) is 65.2 Å². The molecule has 2 saturated heterocycles. The number of carboxylic acids is 1. The fourth-order valence-electron chi connectivity index (χ4n) is 6.82. The summed E-state index contributed by atoms with van der Waals surface area (Å²) in [5.74, 6) is -1.22. The van der Waals surface area contributed by atoms with E-state index in [4.69, 9.17) is 9.84 Å². The SMILES string of the molecule is CC1(C)CCCC(C)(C)N1CCOC(=O)C(CCCC(=O)O)CCN1C(C)(C)CCCC1(C)C. The van der Waals surface area contributed by atoms with E-state index in [1.807, 2.05) is 0 Å². The number of ether oxygens (including phenoxy) is 1. The van der Waals surface area contributed by atoms with Gasteiger partial charge < -0.3 is 9.84 Å². The highest BCUT2D eigenvalue weighted by Gasteiger charge is 2.42. The minimum atomic E-state index is -0.806. The smallest absolute Gasteiger partial charge is 0.309 e. The number of carbonyl (C=O) groups excluding carboxylic acids is 1. The molecule has 2 heterocycles. The van der Waals surface area contributed by atoms with Crippen molar-refractivity contribution in [3.63, 3.8) is 0 Å². The van der Waals surface area contributed by atoms with Gasteiger partial charge in [-0.25, -0.2) is 0 Å². The minimum absolute atomic E-state index is 0.0977. The monoisotopic (exact) mass is 480 g/mol. The Labute approximate surface area is 208 Å². The number of esters is 1. The maximum atomic E-state index is 13.2. The van der Waals surface area contributed by atoms with Crippen LogP contribution in [0.3, 0.4) is 0 Å². The number of rotatable bonds is 11. The first-order valence-electron chi connectivity index (χ1n) is 13.5. The summed E-state index contributed by atoms with van der Waals surface area (Å²) in [5, 5.41) is 9.09. The maximum absolute atomic E-state index is 13.2. The first-order chi connectivity index (χ1) is 15.6. The number of hydrogen-bond donors (Lipinski definition) is 1. The third kappa shape index (κ3) is 7.68. The summed E-state index contributed by atoms with van der Waals surface area (Å²) in [7, 11) is 0. The van der Waals surface area contributed by atoms with E-state index < -0.39 is 5.97 Å². The van der Waals surface area contributed by atoms with Gasteiger partial charge in [-0.15, -0.1) is 0 Å². The number of likely N-dealkylation sites (tertiary alicyclic amines) is 2. The van der Waals surface area contributed by atoms with Gasteiger partial charge in [0.25, 0.3) is 0 Å². The van der Waals surface area contributed by atoms with Gasteiger partial charge in [-0.05, 0) is 113 Å². The molecule has 2 aliphatic rings. The van der Waals surface area contributed by atoms with E-state index in [9.17, 15) is 9.59 Å². The lowest BCUT2D eigenvalue weighted by atomic mass is 9.79. The van der Waals surface area contributed by atoms with E-state index in [0.717, 1.165) is 38.8 Å². The van der Waals surface area contributed by atoms with E-state index >= 15 is 0 Å². The van der Waals surface area contributed by atoms with Crippen molar-refractivity contribution in [2.75, 3.05) is 19.7 Å². The summed E-state index contributed by atoms with van der Waals surface area (Å²) >= 11 is 0. The first kappa shape index (κ1) is 29.1. The molecule has 0 bridgehead atoms. The number of nitrogens with zero attached hydrogens (tertiary/aromatic N) is 2. The molecule has 2 fully saturated rings. The minimum Gasteiger partial charge on any atom is -0.481 e. The van der Waals surface area contributed by atoms with E-state index in [-0.39, 0.29) is 40.5 Å². The molecule has 0 spiro atoms. The van der Waals surface area contributed by atoms with Crippen LogP contribution in [0.2, 0.25) is 0 Å². The molecule has 6 heteroatoms. The zero-order chi connectivity index (χ0) is 25.8. The van der Waals surface area contributed by atoms with Gasteiger partial charge in [0.05, 0.1) is 5.92 Å². The Balaban J connectivity index is 2.00. The molecule has 0 aromatic carbocycles. The quantitative estimate of drug-likeness (QED) is 0.373. The molecular formula is C28H52N2O4. The van der Waals surface area contributed by atoms with Crippen LogP contribution in [0, 0.1) is 5.92 Å². The number of hydrogen-bond acceptors (Lipinski definition) is 5. The molecule has 0 amide bonds. The average Bonchev–Trinajstić information content (AvgIpc) is 2.66. The van der Waals surface area contributed by atoms with Crippen LogP contribution in [0.5, 0.6) is 0 Å². The van der Waals surface area contributed by atoms with Crippen molar-refractivity contribution in [3.05, 3.63) is 0 Å². The molecule has 6 nitrogen and oxygen atoms in total. The van der Waals surface area contributed by atoms with Crippen LogP contribution in [0.25, 0.3) is 0 Å². The lowest BCUT2D eigenvalue weighted by molar-refractivity contribution is -0.152. The summed E-state index contributed by atoms with van der Waals surface area (Å²) < 4.78 is 5.85. The largest absolute Gasteiger partial charge is 0.481 e. The highest BCUT2D eigenvalue weighted by Crippen LogP contribution is 2.39. The molecule has 1 unspecified atom stereocenters. The second kappa shape index (κ2) is 11.3. The molecule has 198 valence electrons. The number of carbonyl (C=O) groups is 2. The fraction of sp³-hybridized carbons (Fsp3) is 0.929. The zero-order valence-electron chi connectivity index (χ0n) is 23.3. The second-order valence-electron chi connectivity index (χ2n) is 13.2. The van der Waals surface area contributed by atoms with Gasteiger partial charge >= 0.3 is 11.9 Å². The van der Waals surface area contributed by atoms with Crippen LogP contribution in [0.15, 0.2) is 0 Å².